The van der Waals surface area contributed by atoms with Gasteiger partial charge in [0.05, 0.1) is 4.92 Å². The lowest BCUT2D eigenvalue weighted by atomic mass is 9.85. The van der Waals surface area contributed by atoms with Crippen LogP contribution in [-0.4, -0.2) is 30.0 Å². The number of non-ortho nitro benzene ring substituents is 1. The van der Waals surface area contributed by atoms with Gasteiger partial charge in [0.15, 0.2) is 11.6 Å². The predicted octanol–water partition coefficient (Wildman–Crippen LogP) is 3.17. The molecule has 0 radical (unpaired) electrons. The van der Waals surface area contributed by atoms with Gasteiger partial charge in [0.25, 0.3) is 11.6 Å². The summed E-state index contributed by atoms with van der Waals surface area (Å²) in [6, 6.07) is 8.77. The number of hydrogen-bond donors (Lipinski definition) is 2. The van der Waals surface area contributed by atoms with Gasteiger partial charge in [-0.2, -0.15) is 0 Å². The summed E-state index contributed by atoms with van der Waals surface area (Å²) in [5.41, 5.74) is 0.824. The first kappa shape index (κ1) is 20.7. The van der Waals surface area contributed by atoms with Gasteiger partial charge in [-0.3, -0.25) is 14.9 Å². The van der Waals surface area contributed by atoms with Gasteiger partial charge < -0.3 is 10.6 Å². The lowest BCUT2D eigenvalue weighted by Gasteiger charge is -2.33. The fourth-order valence-corrected chi connectivity index (χ4v) is 3.14. The topological polar surface area (TPSA) is 84.3 Å². The summed E-state index contributed by atoms with van der Waals surface area (Å²) < 4.78 is 26.7. The molecule has 2 aromatic carbocycles. The number of carbonyl (C=O) groups is 1. The van der Waals surface area contributed by atoms with E-state index >= 15 is 0 Å². The first-order valence-corrected chi connectivity index (χ1v) is 8.16. The Bertz CT molecular complexity index is 833. The van der Waals surface area contributed by atoms with Crippen LogP contribution in [0.15, 0.2) is 42.5 Å². The van der Waals surface area contributed by atoms with E-state index in [9.17, 15) is 23.7 Å². The minimum Gasteiger partial charge on any atom is -0.347 e. The van der Waals surface area contributed by atoms with E-state index in [-0.39, 0.29) is 36.0 Å². The largest absolute Gasteiger partial charge is 0.347 e. The Morgan fingerprint density at radius 2 is 1.85 bits per heavy atom. The maximum Gasteiger partial charge on any atom is 0.269 e. The molecule has 9 heteroatoms. The second kappa shape index (κ2) is 8.88. The summed E-state index contributed by atoms with van der Waals surface area (Å²) in [5, 5.41) is 16.7. The molecule has 1 aliphatic rings. The van der Waals surface area contributed by atoms with Gasteiger partial charge >= 0.3 is 0 Å². The number of piperidine rings is 1. The number of carbonyl (C=O) groups excluding carboxylic acids is 1. The van der Waals surface area contributed by atoms with Gasteiger partial charge in [-0.05, 0) is 42.8 Å². The molecular weight excluding hydrogens is 380 g/mol. The number of nitro benzene ring substituents is 1. The Kier molecular flexibility index (Phi) is 6.81. The van der Waals surface area contributed by atoms with Crippen molar-refractivity contribution in [3.8, 4) is 0 Å². The number of hydrogen-bond acceptors (Lipinski definition) is 4. The summed E-state index contributed by atoms with van der Waals surface area (Å²) in [6.07, 6.45) is 0.663. The lowest BCUT2D eigenvalue weighted by Crippen LogP contribution is -2.50. The van der Waals surface area contributed by atoms with Gasteiger partial charge in [-0.15, -0.1) is 12.4 Å². The van der Waals surface area contributed by atoms with Crippen LogP contribution >= 0.6 is 12.4 Å². The Hall–Kier alpha value is -2.58. The SMILES string of the molecule is Cl.O=C(NC1CNCCC1c1ccc(F)c(F)c1)c1ccc([N+](=O)[O-])cc1. The Morgan fingerprint density at radius 3 is 2.48 bits per heavy atom. The van der Waals surface area contributed by atoms with E-state index in [0.29, 0.717) is 30.6 Å². The fourth-order valence-electron chi connectivity index (χ4n) is 3.14. The monoisotopic (exact) mass is 397 g/mol. The van der Waals surface area contributed by atoms with Crippen molar-refractivity contribution in [3.63, 3.8) is 0 Å². The number of benzene rings is 2. The molecule has 1 heterocycles. The number of nitro groups is 1. The van der Waals surface area contributed by atoms with Crippen molar-refractivity contribution >= 4 is 24.0 Å². The maximum absolute atomic E-state index is 13.6. The van der Waals surface area contributed by atoms with Crippen molar-refractivity contribution in [1.82, 2.24) is 10.6 Å². The molecule has 3 rings (SSSR count). The number of amides is 1. The van der Waals surface area contributed by atoms with Crippen LogP contribution in [0.3, 0.4) is 0 Å². The number of nitrogens with zero attached hydrogens (tertiary/aromatic N) is 1. The second-order valence-corrected chi connectivity index (χ2v) is 6.16. The smallest absolute Gasteiger partial charge is 0.269 e. The molecule has 0 bridgehead atoms. The van der Waals surface area contributed by atoms with Crippen LogP contribution in [0.4, 0.5) is 14.5 Å². The number of nitrogens with one attached hydrogen (secondary N) is 2. The summed E-state index contributed by atoms with van der Waals surface area (Å²) in [4.78, 5) is 22.6. The quantitative estimate of drug-likeness (QED) is 0.613. The molecule has 27 heavy (non-hydrogen) atoms. The first-order valence-electron chi connectivity index (χ1n) is 8.16. The zero-order chi connectivity index (χ0) is 18.7. The minimum atomic E-state index is -0.915. The van der Waals surface area contributed by atoms with Gasteiger partial charge in [0.1, 0.15) is 0 Å². The molecule has 1 amide bonds. The molecule has 2 atom stereocenters. The van der Waals surface area contributed by atoms with Crippen LogP contribution in [0.5, 0.6) is 0 Å². The van der Waals surface area contributed by atoms with Crippen molar-refractivity contribution in [1.29, 1.82) is 0 Å². The number of halogens is 3. The van der Waals surface area contributed by atoms with Crippen molar-refractivity contribution in [2.24, 2.45) is 0 Å². The van der Waals surface area contributed by atoms with E-state index in [4.69, 9.17) is 0 Å². The predicted molar refractivity (Wildman–Crippen MR) is 98.2 cm³/mol. The molecule has 1 saturated heterocycles. The molecule has 0 aromatic heterocycles. The molecule has 0 spiro atoms. The molecule has 2 N–H and O–H groups in total. The molecule has 2 unspecified atom stereocenters. The Balaban J connectivity index is 0.00000261. The van der Waals surface area contributed by atoms with Crippen molar-refractivity contribution in [2.75, 3.05) is 13.1 Å². The third kappa shape index (κ3) is 4.78. The summed E-state index contributed by atoms with van der Waals surface area (Å²) in [6.45, 7) is 1.19. The molecule has 0 saturated carbocycles. The average molecular weight is 398 g/mol. The van der Waals surface area contributed by atoms with Gasteiger partial charge in [0.2, 0.25) is 0 Å². The van der Waals surface area contributed by atoms with E-state index in [1.165, 1.54) is 30.3 Å². The van der Waals surface area contributed by atoms with Crippen LogP contribution in [0.25, 0.3) is 0 Å². The molecule has 1 aliphatic heterocycles. The van der Waals surface area contributed by atoms with Crippen LogP contribution in [-0.2, 0) is 0 Å². The van der Waals surface area contributed by atoms with Crippen LogP contribution in [0.2, 0.25) is 0 Å². The highest BCUT2D eigenvalue weighted by atomic mass is 35.5. The van der Waals surface area contributed by atoms with E-state index in [1.807, 2.05) is 0 Å². The third-order valence-corrected chi connectivity index (χ3v) is 4.51. The van der Waals surface area contributed by atoms with Gasteiger partial charge in [0, 0.05) is 36.2 Å². The molecular formula is C18H18ClF2N3O3. The van der Waals surface area contributed by atoms with Crippen LogP contribution < -0.4 is 10.6 Å². The fraction of sp³-hybridized carbons (Fsp3) is 0.278. The highest BCUT2D eigenvalue weighted by Crippen LogP contribution is 2.27. The standard InChI is InChI=1S/C18H17F2N3O3.ClH/c19-15-6-3-12(9-16(15)20)14-7-8-21-10-17(14)22-18(24)11-1-4-13(5-2-11)23(25)26;/h1-6,9,14,17,21H,7-8,10H2,(H,22,24);1H. The summed E-state index contributed by atoms with van der Waals surface area (Å²) in [7, 11) is 0. The second-order valence-electron chi connectivity index (χ2n) is 6.16. The van der Waals surface area contributed by atoms with E-state index < -0.39 is 16.6 Å². The average Bonchev–Trinajstić information content (AvgIpc) is 2.64. The van der Waals surface area contributed by atoms with E-state index in [0.717, 1.165) is 12.1 Å². The Labute approximate surface area is 160 Å². The van der Waals surface area contributed by atoms with Crippen LogP contribution in [0.1, 0.15) is 28.3 Å². The maximum atomic E-state index is 13.6. The zero-order valence-electron chi connectivity index (χ0n) is 14.2. The van der Waals surface area contributed by atoms with Crippen molar-refractivity contribution < 1.29 is 18.5 Å². The van der Waals surface area contributed by atoms with Gasteiger partial charge in [-0.1, -0.05) is 6.07 Å². The molecule has 6 nitrogen and oxygen atoms in total. The third-order valence-electron chi connectivity index (χ3n) is 4.51. The van der Waals surface area contributed by atoms with Gasteiger partial charge in [-0.25, -0.2) is 8.78 Å². The van der Waals surface area contributed by atoms with Crippen LogP contribution in [0, 0.1) is 21.7 Å². The van der Waals surface area contributed by atoms with Crippen molar-refractivity contribution in [2.45, 2.75) is 18.4 Å². The number of rotatable bonds is 4. The minimum absolute atomic E-state index is 0. The highest BCUT2D eigenvalue weighted by Gasteiger charge is 2.28. The zero-order valence-corrected chi connectivity index (χ0v) is 15.0. The highest BCUT2D eigenvalue weighted by molar-refractivity contribution is 5.94. The first-order chi connectivity index (χ1) is 12.5. The lowest BCUT2D eigenvalue weighted by molar-refractivity contribution is -0.384. The molecule has 1 fully saturated rings. The molecule has 0 aliphatic carbocycles. The normalized spacial score (nSPS) is 19.0. The summed E-state index contributed by atoms with van der Waals surface area (Å²) >= 11 is 0. The molecule has 2 aromatic rings. The van der Waals surface area contributed by atoms with E-state index in [1.54, 1.807) is 0 Å². The Morgan fingerprint density at radius 1 is 1.15 bits per heavy atom. The summed E-state index contributed by atoms with van der Waals surface area (Å²) in [5.74, 6) is -2.36. The molecule has 144 valence electrons. The van der Waals surface area contributed by atoms with Crippen molar-refractivity contribution in [3.05, 3.63) is 75.3 Å². The van der Waals surface area contributed by atoms with E-state index in [2.05, 4.69) is 10.6 Å².